The molecule has 0 amide bonds. The predicted molar refractivity (Wildman–Crippen MR) is 74.7 cm³/mol. The maximum absolute atomic E-state index is 12.1. The Balaban J connectivity index is 2.21. The van der Waals surface area contributed by atoms with Crippen LogP contribution in [-0.4, -0.2) is 23.1 Å². The molecule has 0 aliphatic heterocycles. The first-order valence-electron chi connectivity index (χ1n) is 5.81. The molecule has 1 heterocycles. The van der Waals surface area contributed by atoms with E-state index in [1.807, 2.05) is 0 Å². The summed E-state index contributed by atoms with van der Waals surface area (Å²) in [6.45, 7) is 0.0482. The van der Waals surface area contributed by atoms with Crippen molar-refractivity contribution < 1.29 is 13.3 Å². The number of nitrogens with one attached hydrogen (secondary N) is 1. The zero-order valence-corrected chi connectivity index (χ0v) is 11.9. The monoisotopic (exact) mass is 311 g/mol. The van der Waals surface area contributed by atoms with Gasteiger partial charge < -0.3 is 5.73 Å². The number of rotatable bonds is 5. The lowest BCUT2D eigenvalue weighted by atomic mass is 10.3. The fourth-order valence-corrected chi connectivity index (χ4v) is 2.84. The number of nitro groups is 1. The van der Waals surface area contributed by atoms with Gasteiger partial charge in [-0.1, -0.05) is 0 Å². The van der Waals surface area contributed by atoms with Crippen molar-refractivity contribution in [2.75, 3.05) is 5.73 Å². The molecule has 0 saturated carbocycles. The normalized spacial score (nSPS) is 11.5. The number of nitrogen functional groups attached to an aromatic ring is 1. The van der Waals surface area contributed by atoms with Gasteiger partial charge in [-0.15, -0.1) is 0 Å². The van der Waals surface area contributed by atoms with Crippen molar-refractivity contribution in [2.45, 2.75) is 11.4 Å². The van der Waals surface area contributed by atoms with Crippen LogP contribution in [0.2, 0.25) is 0 Å². The van der Waals surface area contributed by atoms with E-state index in [0.717, 1.165) is 18.2 Å². The molecule has 0 bridgehead atoms. The van der Waals surface area contributed by atoms with Gasteiger partial charge in [-0.05, 0) is 6.07 Å². The summed E-state index contributed by atoms with van der Waals surface area (Å²) < 4.78 is 28.2. The fraction of sp³-hybridized carbons (Fsp3) is 0.182. The largest absolute Gasteiger partial charge is 0.397 e. The Morgan fingerprint density at radius 1 is 1.48 bits per heavy atom. The number of aromatic nitrogens is 2. The quantitative estimate of drug-likeness (QED) is 0.466. The van der Waals surface area contributed by atoms with Gasteiger partial charge in [-0.3, -0.25) is 14.8 Å². The molecule has 0 spiro atoms. The Morgan fingerprint density at radius 3 is 2.71 bits per heavy atom. The van der Waals surface area contributed by atoms with E-state index in [9.17, 15) is 18.5 Å². The number of hydrogen-bond acceptors (Lipinski definition) is 6. The summed E-state index contributed by atoms with van der Waals surface area (Å²) in [5.41, 5.74) is 5.82. The van der Waals surface area contributed by atoms with Crippen LogP contribution in [0.15, 0.2) is 35.5 Å². The van der Waals surface area contributed by atoms with Crippen LogP contribution in [-0.2, 0) is 23.6 Å². The Morgan fingerprint density at radius 2 is 2.19 bits per heavy atom. The summed E-state index contributed by atoms with van der Waals surface area (Å²) in [5, 5.41) is 14.5. The number of aryl methyl sites for hydroxylation is 1. The Bertz CT molecular complexity index is 784. The van der Waals surface area contributed by atoms with E-state index in [-0.39, 0.29) is 22.8 Å². The van der Waals surface area contributed by atoms with E-state index in [1.54, 1.807) is 17.9 Å². The number of sulfonamides is 1. The molecule has 0 radical (unpaired) electrons. The van der Waals surface area contributed by atoms with Crippen LogP contribution >= 0.6 is 0 Å². The van der Waals surface area contributed by atoms with Gasteiger partial charge in [0.15, 0.2) is 0 Å². The smallest absolute Gasteiger partial charge is 0.271 e. The van der Waals surface area contributed by atoms with Crippen molar-refractivity contribution in [3.63, 3.8) is 0 Å². The van der Waals surface area contributed by atoms with Crippen molar-refractivity contribution >= 4 is 21.4 Å². The Labute approximate surface area is 120 Å². The van der Waals surface area contributed by atoms with Gasteiger partial charge in [-0.25, -0.2) is 13.1 Å². The minimum absolute atomic E-state index is 0.0482. The third kappa shape index (κ3) is 3.35. The average molecular weight is 311 g/mol. The minimum atomic E-state index is -3.86. The first kappa shape index (κ1) is 14.9. The van der Waals surface area contributed by atoms with Crippen LogP contribution in [0.4, 0.5) is 11.4 Å². The number of non-ortho nitro benzene ring substituents is 1. The second-order valence-corrected chi connectivity index (χ2v) is 6.06. The fourth-order valence-electron chi connectivity index (χ4n) is 1.71. The molecule has 9 nitrogen and oxygen atoms in total. The highest BCUT2D eigenvalue weighted by atomic mass is 32.2. The zero-order valence-electron chi connectivity index (χ0n) is 11.1. The van der Waals surface area contributed by atoms with Crippen molar-refractivity contribution in [2.24, 2.45) is 7.05 Å². The second-order valence-electron chi connectivity index (χ2n) is 4.33. The summed E-state index contributed by atoms with van der Waals surface area (Å²) in [4.78, 5) is 9.76. The van der Waals surface area contributed by atoms with Gasteiger partial charge in [-0.2, -0.15) is 5.10 Å². The topological polar surface area (TPSA) is 133 Å². The minimum Gasteiger partial charge on any atom is -0.397 e. The number of nitrogens with two attached hydrogens (primary N) is 1. The molecule has 2 rings (SSSR count). The molecular formula is C11H13N5O4S. The van der Waals surface area contributed by atoms with Gasteiger partial charge in [0, 0.05) is 37.5 Å². The highest BCUT2D eigenvalue weighted by Crippen LogP contribution is 2.23. The zero-order chi connectivity index (χ0) is 15.6. The highest BCUT2D eigenvalue weighted by molar-refractivity contribution is 7.89. The van der Waals surface area contributed by atoms with Gasteiger partial charge in [0.25, 0.3) is 5.69 Å². The van der Waals surface area contributed by atoms with Crippen molar-refractivity contribution in [3.8, 4) is 0 Å². The number of benzene rings is 1. The standard InChI is InChI=1S/C11H13N5O4S/c1-15-7-8(5-13-15)6-14-21(19,20)11-3-2-9(16(17)18)4-10(11)12/h2-5,7,14H,6,12H2,1H3. The number of anilines is 1. The maximum Gasteiger partial charge on any atom is 0.271 e. The number of nitrogens with zero attached hydrogens (tertiary/aromatic N) is 3. The molecule has 21 heavy (non-hydrogen) atoms. The lowest BCUT2D eigenvalue weighted by Gasteiger charge is -2.08. The van der Waals surface area contributed by atoms with Gasteiger partial charge in [0.05, 0.1) is 16.8 Å². The van der Waals surface area contributed by atoms with E-state index < -0.39 is 14.9 Å². The highest BCUT2D eigenvalue weighted by Gasteiger charge is 2.19. The molecule has 2 aromatic rings. The average Bonchev–Trinajstić information content (AvgIpc) is 2.82. The molecular weight excluding hydrogens is 298 g/mol. The van der Waals surface area contributed by atoms with E-state index in [0.29, 0.717) is 5.56 Å². The van der Waals surface area contributed by atoms with Gasteiger partial charge in [0.2, 0.25) is 10.0 Å². The van der Waals surface area contributed by atoms with E-state index in [2.05, 4.69) is 9.82 Å². The maximum atomic E-state index is 12.1. The number of hydrogen-bond donors (Lipinski definition) is 2. The second kappa shape index (κ2) is 5.50. The third-order valence-corrected chi connectivity index (χ3v) is 4.19. The molecule has 0 fully saturated rings. The molecule has 0 aliphatic rings. The SMILES string of the molecule is Cn1cc(CNS(=O)(=O)c2ccc([N+](=O)[O-])cc2N)cn1. The molecule has 1 aromatic heterocycles. The van der Waals surface area contributed by atoms with Crippen LogP contribution in [0.1, 0.15) is 5.56 Å². The first-order valence-corrected chi connectivity index (χ1v) is 7.29. The van der Waals surface area contributed by atoms with Crippen LogP contribution in [0.25, 0.3) is 0 Å². The summed E-state index contributed by atoms with van der Waals surface area (Å²) in [5.74, 6) is 0. The molecule has 112 valence electrons. The predicted octanol–water partition coefficient (Wildman–Crippen LogP) is 0.389. The lowest BCUT2D eigenvalue weighted by Crippen LogP contribution is -2.24. The lowest BCUT2D eigenvalue weighted by molar-refractivity contribution is -0.384. The summed E-state index contributed by atoms with van der Waals surface area (Å²) in [7, 11) is -2.14. The van der Waals surface area contributed by atoms with Crippen molar-refractivity contribution in [1.82, 2.24) is 14.5 Å². The van der Waals surface area contributed by atoms with Gasteiger partial charge >= 0.3 is 0 Å². The van der Waals surface area contributed by atoms with E-state index >= 15 is 0 Å². The molecule has 0 aliphatic carbocycles. The van der Waals surface area contributed by atoms with E-state index in [4.69, 9.17) is 5.73 Å². The van der Waals surface area contributed by atoms with Crippen LogP contribution in [0.3, 0.4) is 0 Å². The summed E-state index contributed by atoms with van der Waals surface area (Å²) >= 11 is 0. The van der Waals surface area contributed by atoms with Crippen LogP contribution in [0.5, 0.6) is 0 Å². The third-order valence-electron chi connectivity index (χ3n) is 2.72. The van der Waals surface area contributed by atoms with E-state index in [1.165, 1.54) is 6.20 Å². The summed E-state index contributed by atoms with van der Waals surface area (Å²) in [6.07, 6.45) is 3.20. The molecule has 10 heteroatoms. The Hall–Kier alpha value is -2.46. The van der Waals surface area contributed by atoms with Crippen molar-refractivity contribution in [1.29, 1.82) is 0 Å². The van der Waals surface area contributed by atoms with Crippen LogP contribution < -0.4 is 10.5 Å². The molecule has 0 atom stereocenters. The molecule has 1 aromatic carbocycles. The van der Waals surface area contributed by atoms with Gasteiger partial charge in [0.1, 0.15) is 4.90 Å². The Kier molecular flexibility index (Phi) is 3.91. The molecule has 0 unspecified atom stereocenters. The van der Waals surface area contributed by atoms with Crippen LogP contribution in [0, 0.1) is 10.1 Å². The molecule has 0 saturated heterocycles. The summed E-state index contributed by atoms with van der Waals surface area (Å²) in [6, 6.07) is 3.21. The van der Waals surface area contributed by atoms with Crippen molar-refractivity contribution in [3.05, 3.63) is 46.3 Å². The molecule has 3 N–H and O–H groups in total. The first-order chi connectivity index (χ1) is 9.79. The number of nitro benzene ring substituents is 1.